The van der Waals surface area contributed by atoms with Crippen molar-refractivity contribution in [1.82, 2.24) is 14.5 Å². The normalized spacial score (nSPS) is 14.5. The molecule has 2 aliphatic carbocycles. The zero-order valence-corrected chi connectivity index (χ0v) is 34.6. The second kappa shape index (κ2) is 12.1. The van der Waals surface area contributed by atoms with Crippen LogP contribution in [0.5, 0.6) is 0 Å². The van der Waals surface area contributed by atoms with Gasteiger partial charge in [-0.25, -0.2) is 9.97 Å². The Bertz CT molecular complexity index is 3620. The zero-order chi connectivity index (χ0) is 40.8. The Balaban J connectivity index is 1.11. The van der Waals surface area contributed by atoms with Crippen LogP contribution in [-0.2, 0) is 10.8 Å². The minimum atomic E-state index is -0.157. The molecule has 0 saturated carbocycles. The molecule has 13 rings (SSSR count). The molecule has 61 heavy (non-hydrogen) atoms. The molecule has 3 heteroatoms. The van der Waals surface area contributed by atoms with Crippen molar-refractivity contribution in [3.05, 3.63) is 198 Å². The van der Waals surface area contributed by atoms with Crippen molar-refractivity contribution in [1.29, 1.82) is 0 Å². The van der Waals surface area contributed by atoms with Crippen molar-refractivity contribution in [2.75, 3.05) is 0 Å². The van der Waals surface area contributed by atoms with Crippen LogP contribution in [0.4, 0.5) is 0 Å². The van der Waals surface area contributed by atoms with E-state index in [-0.39, 0.29) is 10.8 Å². The Morgan fingerprint density at radius 1 is 0.393 bits per heavy atom. The molecule has 11 aromatic rings. The minimum absolute atomic E-state index is 0.145. The van der Waals surface area contributed by atoms with Crippen molar-refractivity contribution >= 4 is 54.4 Å². The molecule has 0 aliphatic heterocycles. The van der Waals surface area contributed by atoms with Gasteiger partial charge in [-0.2, -0.15) is 0 Å². The van der Waals surface area contributed by atoms with Crippen LogP contribution >= 0.6 is 0 Å². The molecule has 0 spiro atoms. The highest BCUT2D eigenvalue weighted by atomic mass is 15.0. The highest BCUT2D eigenvalue weighted by Gasteiger charge is 2.37. The first-order valence-electron chi connectivity index (χ1n) is 21.4. The van der Waals surface area contributed by atoms with E-state index in [1.54, 1.807) is 0 Å². The first kappa shape index (κ1) is 34.5. The number of hydrogen-bond donors (Lipinski definition) is 0. The van der Waals surface area contributed by atoms with Crippen LogP contribution in [0.15, 0.2) is 176 Å². The Morgan fingerprint density at radius 2 is 0.869 bits per heavy atom. The standard InChI is InChI=1S/C58H41N3/c1-57(2)44-20-11-9-18-40(44)42-28-24-36(32-46(42)57)54-55(37-25-29-43-41-19-10-12-21-45(41)58(3,4)47(43)33-37)60-56-48(59-54)22-13-23-51(56)61-49-30-26-34-14-5-7-16-38(34)52(49)53-39-17-8-6-15-35(39)27-31-50(53)61/h5-33H,1-4H3. The molecule has 3 nitrogen and oxygen atoms in total. The Labute approximate surface area is 354 Å². The van der Waals surface area contributed by atoms with Gasteiger partial charge in [-0.3, -0.25) is 0 Å². The lowest BCUT2D eigenvalue weighted by Gasteiger charge is -2.23. The number of benzene rings is 9. The van der Waals surface area contributed by atoms with E-state index in [1.807, 2.05) is 0 Å². The molecule has 0 saturated heterocycles. The number of fused-ring (bicyclic) bond motifs is 14. The number of nitrogens with zero attached hydrogens (tertiary/aromatic N) is 3. The molecule has 2 heterocycles. The molecule has 0 N–H and O–H groups in total. The summed E-state index contributed by atoms with van der Waals surface area (Å²) < 4.78 is 2.43. The number of para-hydroxylation sites is 1. The SMILES string of the molecule is CC1(C)c2ccccc2-c2ccc(-c3nc4cccc(-n5c6ccc7ccccc7c6c6c7ccccc7ccc65)c4nc3-c3ccc4c(c3)C(C)(C)c3ccccc3-4)cc21. The monoisotopic (exact) mass is 779 g/mol. The molecule has 0 bridgehead atoms. The Morgan fingerprint density at radius 3 is 1.43 bits per heavy atom. The Hall–Kier alpha value is -7.36. The highest BCUT2D eigenvalue weighted by Crippen LogP contribution is 2.52. The third-order valence-corrected chi connectivity index (χ3v) is 14.2. The average Bonchev–Trinajstić information content (AvgIpc) is 3.85. The van der Waals surface area contributed by atoms with Crippen LogP contribution in [0, 0.1) is 0 Å². The summed E-state index contributed by atoms with van der Waals surface area (Å²) in [5.74, 6) is 0. The number of aromatic nitrogens is 3. The van der Waals surface area contributed by atoms with Gasteiger partial charge in [0.15, 0.2) is 0 Å². The second-order valence-corrected chi connectivity index (χ2v) is 18.1. The quantitative estimate of drug-likeness (QED) is 0.179. The van der Waals surface area contributed by atoms with E-state index in [4.69, 9.17) is 9.97 Å². The molecule has 9 aromatic carbocycles. The fraction of sp³-hybridized carbons (Fsp3) is 0.103. The number of rotatable bonds is 3. The maximum atomic E-state index is 5.82. The predicted molar refractivity (Wildman–Crippen MR) is 255 cm³/mol. The van der Waals surface area contributed by atoms with Gasteiger partial charge in [0, 0.05) is 32.7 Å². The lowest BCUT2D eigenvalue weighted by Crippen LogP contribution is -2.15. The molecule has 0 amide bonds. The molecular weight excluding hydrogens is 739 g/mol. The van der Waals surface area contributed by atoms with Gasteiger partial charge >= 0.3 is 0 Å². The van der Waals surface area contributed by atoms with Crippen LogP contribution < -0.4 is 0 Å². The average molecular weight is 780 g/mol. The van der Waals surface area contributed by atoms with Crippen molar-refractivity contribution in [3.8, 4) is 50.5 Å². The van der Waals surface area contributed by atoms with Crippen molar-refractivity contribution in [2.24, 2.45) is 0 Å². The van der Waals surface area contributed by atoms with E-state index in [1.165, 1.54) is 76.8 Å². The van der Waals surface area contributed by atoms with Gasteiger partial charge in [-0.1, -0.05) is 167 Å². The first-order chi connectivity index (χ1) is 29.8. The maximum Gasteiger partial charge on any atom is 0.113 e. The van der Waals surface area contributed by atoms with Crippen molar-refractivity contribution < 1.29 is 0 Å². The number of hydrogen-bond acceptors (Lipinski definition) is 2. The van der Waals surface area contributed by atoms with Gasteiger partial charge in [0.2, 0.25) is 0 Å². The summed E-state index contributed by atoms with van der Waals surface area (Å²) in [6, 6.07) is 64.8. The van der Waals surface area contributed by atoms with E-state index in [9.17, 15) is 0 Å². The van der Waals surface area contributed by atoms with Gasteiger partial charge in [-0.05, 0) is 102 Å². The summed E-state index contributed by atoms with van der Waals surface area (Å²) in [6.45, 7) is 9.39. The minimum Gasteiger partial charge on any atom is -0.307 e. The van der Waals surface area contributed by atoms with Crippen LogP contribution in [0.3, 0.4) is 0 Å². The molecule has 0 atom stereocenters. The Kier molecular flexibility index (Phi) is 6.85. The summed E-state index contributed by atoms with van der Waals surface area (Å²) in [5.41, 5.74) is 19.3. The van der Waals surface area contributed by atoms with E-state index in [2.05, 4.69) is 208 Å². The third kappa shape index (κ3) is 4.64. The summed E-state index contributed by atoms with van der Waals surface area (Å²) in [5, 5.41) is 7.47. The van der Waals surface area contributed by atoms with Crippen molar-refractivity contribution in [3.63, 3.8) is 0 Å². The van der Waals surface area contributed by atoms with E-state index >= 15 is 0 Å². The van der Waals surface area contributed by atoms with Gasteiger partial charge in [0.1, 0.15) is 5.52 Å². The summed E-state index contributed by atoms with van der Waals surface area (Å²) in [4.78, 5) is 11.5. The third-order valence-electron chi connectivity index (χ3n) is 14.2. The largest absolute Gasteiger partial charge is 0.307 e. The van der Waals surface area contributed by atoms with E-state index in [0.29, 0.717) is 0 Å². The summed E-state index contributed by atoms with van der Waals surface area (Å²) >= 11 is 0. The fourth-order valence-corrected chi connectivity index (χ4v) is 11.2. The lowest BCUT2D eigenvalue weighted by atomic mass is 9.81. The van der Waals surface area contributed by atoms with E-state index < -0.39 is 0 Å². The predicted octanol–water partition coefficient (Wildman–Crippen LogP) is 15.0. The summed E-state index contributed by atoms with van der Waals surface area (Å²) in [6.07, 6.45) is 0. The van der Waals surface area contributed by atoms with Gasteiger partial charge < -0.3 is 4.57 Å². The van der Waals surface area contributed by atoms with Crippen LogP contribution in [0.1, 0.15) is 49.9 Å². The van der Waals surface area contributed by atoms with Gasteiger partial charge in [-0.15, -0.1) is 0 Å². The summed E-state index contributed by atoms with van der Waals surface area (Å²) in [7, 11) is 0. The van der Waals surface area contributed by atoms with Crippen molar-refractivity contribution in [2.45, 2.75) is 38.5 Å². The smallest absolute Gasteiger partial charge is 0.113 e. The van der Waals surface area contributed by atoms with E-state index in [0.717, 1.165) is 50.3 Å². The van der Waals surface area contributed by atoms with Crippen LogP contribution in [-0.4, -0.2) is 14.5 Å². The highest BCUT2D eigenvalue weighted by molar-refractivity contribution is 6.28. The lowest BCUT2D eigenvalue weighted by molar-refractivity contribution is 0.660. The van der Waals surface area contributed by atoms with Crippen LogP contribution in [0.2, 0.25) is 0 Å². The van der Waals surface area contributed by atoms with Crippen LogP contribution in [0.25, 0.3) is 105 Å². The molecule has 288 valence electrons. The fourth-order valence-electron chi connectivity index (χ4n) is 11.2. The molecule has 0 fully saturated rings. The molecule has 0 unspecified atom stereocenters. The second-order valence-electron chi connectivity index (χ2n) is 18.1. The molecule has 2 aromatic heterocycles. The van der Waals surface area contributed by atoms with Gasteiger partial charge in [0.25, 0.3) is 0 Å². The maximum absolute atomic E-state index is 5.82. The molecular formula is C58H41N3. The molecule has 0 radical (unpaired) electrons. The topological polar surface area (TPSA) is 30.7 Å². The molecule has 2 aliphatic rings. The zero-order valence-electron chi connectivity index (χ0n) is 34.6. The first-order valence-corrected chi connectivity index (χ1v) is 21.4. The van der Waals surface area contributed by atoms with Gasteiger partial charge in [0.05, 0.1) is 33.6 Å².